The van der Waals surface area contributed by atoms with Gasteiger partial charge in [0.05, 0.1) is 24.6 Å². The Hall–Kier alpha value is -4.88. The topological polar surface area (TPSA) is 241 Å². The van der Waals surface area contributed by atoms with Crippen LogP contribution in [0.3, 0.4) is 0 Å². The van der Waals surface area contributed by atoms with Crippen molar-refractivity contribution in [3.05, 3.63) is 39.7 Å². The van der Waals surface area contributed by atoms with Crippen molar-refractivity contribution in [3.63, 3.8) is 0 Å². The number of nitrogens with two attached hydrogens (primary N) is 1. The van der Waals surface area contributed by atoms with E-state index in [2.05, 4.69) is 4.74 Å². The smallest absolute Gasteiger partial charge is 0.412 e. The number of fused-ring (bicyclic) bond motifs is 3. The number of hydrogen-bond acceptors (Lipinski definition) is 14. The van der Waals surface area contributed by atoms with E-state index in [1.54, 1.807) is 19.0 Å². The monoisotopic (exact) mass is 742 g/mol. The number of likely N-dealkylation sites (N-methyl/N-ethyl adjacent to an activating group) is 1. The van der Waals surface area contributed by atoms with E-state index in [0.29, 0.717) is 10.6 Å². The van der Waals surface area contributed by atoms with Gasteiger partial charge in [-0.2, -0.15) is 13.2 Å². The zero-order valence-corrected chi connectivity index (χ0v) is 29.2. The van der Waals surface area contributed by atoms with E-state index >= 15 is 0 Å². The van der Waals surface area contributed by atoms with E-state index in [1.807, 2.05) is 0 Å². The highest BCUT2D eigenvalue weighted by Gasteiger charge is 2.64. The molecule has 3 aliphatic carbocycles. The van der Waals surface area contributed by atoms with Gasteiger partial charge in [0.15, 0.2) is 17.0 Å². The summed E-state index contributed by atoms with van der Waals surface area (Å²) < 4.78 is 49.3. The van der Waals surface area contributed by atoms with E-state index < -0.39 is 120 Å². The van der Waals surface area contributed by atoms with Crippen LogP contribution in [0.2, 0.25) is 0 Å². The van der Waals surface area contributed by atoms with Crippen molar-refractivity contribution in [1.29, 1.82) is 0 Å². The normalized spacial score (nSPS) is 23.2. The molecular weight excluding hydrogens is 701 g/mol. The van der Waals surface area contributed by atoms with Gasteiger partial charge in [-0.05, 0) is 58.3 Å². The fourth-order valence-corrected chi connectivity index (χ4v) is 6.97. The molecule has 1 fully saturated rings. The molecule has 0 saturated heterocycles. The highest BCUT2D eigenvalue weighted by Crippen LogP contribution is 2.54. The number of amides is 2. The third-order valence-corrected chi connectivity index (χ3v) is 9.41. The molecule has 0 unspecified atom stereocenters. The van der Waals surface area contributed by atoms with Gasteiger partial charge < -0.3 is 50.5 Å². The Bertz CT molecular complexity index is 1760. The highest BCUT2D eigenvalue weighted by atomic mass is 19.4. The largest absolute Gasteiger partial charge is 0.508 e. The van der Waals surface area contributed by atoms with Gasteiger partial charge in [-0.15, -0.1) is 0 Å². The van der Waals surface area contributed by atoms with E-state index in [-0.39, 0.29) is 29.5 Å². The summed E-state index contributed by atoms with van der Waals surface area (Å²) in [5.41, 5.74) is -0.909. The minimum atomic E-state index is -4.74. The summed E-state index contributed by atoms with van der Waals surface area (Å²) in [6.45, 7) is -0.623. The number of aliphatic hydroxyl groups excluding tert-OH is 2. The molecule has 1 aromatic rings. The van der Waals surface area contributed by atoms with Crippen molar-refractivity contribution in [1.82, 2.24) is 9.80 Å². The lowest BCUT2D eigenvalue weighted by molar-refractivity contribution is -0.170. The van der Waals surface area contributed by atoms with Crippen LogP contribution in [0.1, 0.15) is 43.4 Å². The van der Waals surface area contributed by atoms with Crippen LogP contribution in [0.4, 0.5) is 23.7 Å². The van der Waals surface area contributed by atoms with E-state index in [4.69, 9.17) is 10.5 Å². The average Bonchev–Trinajstić information content (AvgIpc) is 3.00. The van der Waals surface area contributed by atoms with Gasteiger partial charge in [-0.3, -0.25) is 19.3 Å². The van der Waals surface area contributed by atoms with Crippen LogP contribution < -0.4 is 10.6 Å². The highest BCUT2D eigenvalue weighted by molar-refractivity contribution is 6.24. The number of phenols is 1. The van der Waals surface area contributed by atoms with Crippen LogP contribution >= 0.6 is 0 Å². The quantitative estimate of drug-likeness (QED) is 0.112. The number of Topliss-reactive ketones (excluding diaryl/α,β-unsaturated/α-hetero) is 2. The van der Waals surface area contributed by atoms with Crippen LogP contribution in [0, 0.1) is 11.8 Å². The summed E-state index contributed by atoms with van der Waals surface area (Å²) in [5, 5.41) is 55.9. The fraction of sp³-hybridized carbons (Fsp3) is 0.545. The number of primary amides is 1. The first-order chi connectivity index (χ1) is 23.8. The number of aliphatic hydroxyl groups is 4. The number of phenolic OH excluding ortho intramolecular Hbond substituents is 1. The summed E-state index contributed by atoms with van der Waals surface area (Å²) >= 11 is 0. The number of alkyl halides is 3. The van der Waals surface area contributed by atoms with Crippen LogP contribution in [0.25, 0.3) is 5.76 Å². The van der Waals surface area contributed by atoms with Crippen LogP contribution in [-0.2, 0) is 41.6 Å². The number of carbonyl (C=O) groups is 5. The van der Waals surface area contributed by atoms with Gasteiger partial charge in [0.25, 0.3) is 5.91 Å². The number of ether oxygens (including phenoxy) is 2. The Morgan fingerprint density at radius 1 is 1.06 bits per heavy atom. The van der Waals surface area contributed by atoms with Gasteiger partial charge >= 0.3 is 18.2 Å². The molecule has 16 nitrogen and oxygen atoms in total. The number of nitrogens with zero attached hydrogens (tertiary/aromatic N) is 3. The lowest BCUT2D eigenvalue weighted by atomic mass is 9.57. The maximum Gasteiger partial charge on any atom is 0.412 e. The molecule has 0 aliphatic heterocycles. The molecule has 2 amide bonds. The molecule has 1 saturated carbocycles. The zero-order valence-electron chi connectivity index (χ0n) is 29.2. The summed E-state index contributed by atoms with van der Waals surface area (Å²) in [5.74, 6) is -9.83. The summed E-state index contributed by atoms with van der Waals surface area (Å²) in [6, 6.07) is 0.0680. The molecule has 19 heteroatoms. The molecule has 52 heavy (non-hydrogen) atoms. The number of benzene rings is 1. The van der Waals surface area contributed by atoms with Crippen molar-refractivity contribution in [2.45, 2.75) is 63.1 Å². The molecule has 4 rings (SSSR count). The minimum absolute atomic E-state index is 0.0672. The molecule has 286 valence electrons. The lowest BCUT2D eigenvalue weighted by Crippen LogP contribution is -2.65. The molecule has 4 atom stereocenters. The average molecular weight is 743 g/mol. The van der Waals surface area contributed by atoms with E-state index in [1.165, 1.54) is 25.1 Å². The van der Waals surface area contributed by atoms with Crippen LogP contribution in [-0.4, -0.2) is 130 Å². The van der Waals surface area contributed by atoms with Gasteiger partial charge in [0.1, 0.15) is 22.8 Å². The maximum absolute atomic E-state index is 14.2. The van der Waals surface area contributed by atoms with Crippen LogP contribution in [0.5, 0.6) is 5.75 Å². The molecular formula is C33H41F3N4O12. The predicted molar refractivity (Wildman–Crippen MR) is 173 cm³/mol. The van der Waals surface area contributed by atoms with Crippen molar-refractivity contribution < 1.29 is 72.2 Å². The van der Waals surface area contributed by atoms with E-state index in [9.17, 15) is 62.7 Å². The van der Waals surface area contributed by atoms with Gasteiger partial charge in [-0.25, -0.2) is 9.59 Å². The number of ketones is 2. The summed E-state index contributed by atoms with van der Waals surface area (Å²) in [7, 11) is 6.10. The number of rotatable bonds is 10. The maximum atomic E-state index is 14.2. The number of esters is 1. The first kappa shape index (κ1) is 39.9. The molecule has 0 aromatic heterocycles. The standard InChI is InChI=1S/C33H41F3N4O12/c1-31(2,49)29(47)51-13-52-30(48)40(8-7-32(34,35)36)12-15-11-18(38(3)4)16-9-14-10-17-22(39(5)6)25(43)21(28(37)46)27(45)33(17,50)26(44)19(14)24(42)20(16)23(15)41/h11,14,17,22,41-42,45,49-50H,7-10,12-13H2,1-6H3,(H2,37,46)/t14-,17-,22-,33-/m0/s1. The lowest BCUT2D eigenvalue weighted by Gasteiger charge is -2.50. The molecule has 1 aromatic carbocycles. The second kappa shape index (κ2) is 13.9. The first-order valence-corrected chi connectivity index (χ1v) is 15.9. The van der Waals surface area contributed by atoms with Crippen molar-refractivity contribution in [2.24, 2.45) is 17.6 Å². The molecule has 0 radical (unpaired) electrons. The van der Waals surface area contributed by atoms with Crippen molar-refractivity contribution in [2.75, 3.05) is 46.4 Å². The SMILES string of the molecule is CN(C)c1cc(CN(CCC(F)(F)F)C(=O)OCOC(=O)C(C)(C)O)c(O)c2c1C[C@H]1C[C@H]3[C@H](N(C)C)C(=O)C(C(N)=O)=C(O)[C@@]3(O)C(=O)C1=C2O. The van der Waals surface area contributed by atoms with Gasteiger partial charge in [0, 0.05) is 43.4 Å². The fourth-order valence-electron chi connectivity index (χ4n) is 6.97. The Labute approximate surface area is 295 Å². The molecule has 0 spiro atoms. The van der Waals surface area contributed by atoms with Gasteiger partial charge in [-0.1, -0.05) is 0 Å². The number of anilines is 1. The van der Waals surface area contributed by atoms with Crippen molar-refractivity contribution >= 4 is 41.0 Å². The minimum Gasteiger partial charge on any atom is -0.508 e. The third-order valence-electron chi connectivity index (χ3n) is 9.41. The predicted octanol–water partition coefficient (Wildman–Crippen LogP) is 1.19. The molecule has 0 bridgehead atoms. The molecule has 0 heterocycles. The molecule has 3 aliphatic rings. The molecule has 7 N–H and O–H groups in total. The number of aromatic hydroxyl groups is 1. The second-order valence-corrected chi connectivity index (χ2v) is 13.9. The Kier molecular flexibility index (Phi) is 10.7. The summed E-state index contributed by atoms with van der Waals surface area (Å²) in [4.78, 5) is 68.0. The van der Waals surface area contributed by atoms with Crippen molar-refractivity contribution in [3.8, 4) is 5.75 Å². The third kappa shape index (κ3) is 7.11. The second-order valence-electron chi connectivity index (χ2n) is 13.9. The number of carbonyl (C=O) groups excluding carboxylic acids is 5. The van der Waals surface area contributed by atoms with Gasteiger partial charge in [0.2, 0.25) is 12.6 Å². The van der Waals surface area contributed by atoms with Crippen LogP contribution in [0.15, 0.2) is 23.0 Å². The Morgan fingerprint density at radius 2 is 1.67 bits per heavy atom. The first-order valence-electron chi connectivity index (χ1n) is 15.9. The summed E-state index contributed by atoms with van der Waals surface area (Å²) in [6.07, 6.45) is -7.88. The Balaban J connectivity index is 1.82. The Morgan fingerprint density at radius 3 is 2.19 bits per heavy atom. The number of halogens is 3. The zero-order chi connectivity index (χ0) is 39.4. The number of hydrogen-bond donors (Lipinski definition) is 6. The van der Waals surface area contributed by atoms with E-state index in [0.717, 1.165) is 13.8 Å².